The second kappa shape index (κ2) is 5.62. The van der Waals surface area contributed by atoms with E-state index in [-0.39, 0.29) is 5.28 Å². The molecule has 0 aliphatic heterocycles. The number of hydrogen-bond donors (Lipinski definition) is 1. The molecular weight excluding hydrogens is 178 g/mol. The second-order valence-corrected chi connectivity index (χ2v) is 2.14. The first-order valence-electron chi connectivity index (χ1n) is 3.26. The fraction of sp³-hybridized carbons (Fsp3) is 0.286. The Kier molecular flexibility index (Phi) is 5.16. The second-order valence-electron chi connectivity index (χ2n) is 1.80. The van der Waals surface area contributed by atoms with Crippen LogP contribution in [0.5, 0.6) is 0 Å². The summed E-state index contributed by atoms with van der Waals surface area (Å²) in [5.74, 6) is 0. The lowest BCUT2D eigenvalue weighted by Crippen LogP contribution is -1.92. The molecule has 4 nitrogen and oxygen atoms in total. The molecule has 0 atom stereocenters. The molecule has 5 heteroatoms. The molecule has 2 N–H and O–H groups in total. The molecule has 66 valence electrons. The van der Waals surface area contributed by atoms with Crippen LogP contribution in [0.2, 0.25) is 5.28 Å². The largest absolute Gasteiger partial charge is 0.333 e. The van der Waals surface area contributed by atoms with E-state index in [1.807, 2.05) is 0 Å². The average Bonchev–Trinajstić information content (AvgIpc) is 2.08. The van der Waals surface area contributed by atoms with E-state index in [4.69, 9.17) is 11.6 Å². The van der Waals surface area contributed by atoms with Crippen LogP contribution in [0.15, 0.2) is 6.20 Å². The third-order valence-electron chi connectivity index (χ3n) is 1.11. The number of halogens is 1. The highest BCUT2D eigenvalue weighted by molar-refractivity contribution is 6.28. The van der Waals surface area contributed by atoms with Gasteiger partial charge >= 0.3 is 0 Å². The minimum absolute atomic E-state index is 0.170. The number of nitrogens with zero attached hydrogens (tertiary/aromatic N) is 2. The minimum atomic E-state index is 0.170. The first-order chi connectivity index (χ1) is 5.74. The predicted octanol–water partition coefficient (Wildman–Crippen LogP) is 0.826. The fourth-order valence-corrected chi connectivity index (χ4v) is 0.739. The Hall–Kier alpha value is -1.00. The van der Waals surface area contributed by atoms with Gasteiger partial charge in [0.1, 0.15) is 0 Å². The third kappa shape index (κ3) is 2.94. The average molecular weight is 188 g/mol. The molecule has 0 radical (unpaired) electrons. The standard InChI is InChI=1S/C6H5ClN2O.CH5N/c1-4-5(3-10)2-8-6(7)9-4;1-2/h2-3H,1H3;2H2,1H3. The first-order valence-corrected chi connectivity index (χ1v) is 3.64. The number of aromatic nitrogens is 2. The van der Waals surface area contributed by atoms with Gasteiger partial charge in [-0.05, 0) is 25.6 Å². The Balaban J connectivity index is 0.000000561. The van der Waals surface area contributed by atoms with E-state index in [9.17, 15) is 4.79 Å². The highest BCUT2D eigenvalue weighted by atomic mass is 35.5. The van der Waals surface area contributed by atoms with E-state index in [0.717, 1.165) is 0 Å². The molecule has 1 heterocycles. The van der Waals surface area contributed by atoms with Crippen LogP contribution in [0.25, 0.3) is 0 Å². The smallest absolute Gasteiger partial charge is 0.222 e. The maximum absolute atomic E-state index is 10.2. The summed E-state index contributed by atoms with van der Waals surface area (Å²) in [5.41, 5.74) is 5.58. The van der Waals surface area contributed by atoms with Crippen molar-refractivity contribution in [3.8, 4) is 0 Å². The third-order valence-corrected chi connectivity index (χ3v) is 1.30. The fourth-order valence-electron chi connectivity index (χ4n) is 0.564. The molecular formula is C7H10ClN3O. The number of aryl methyl sites for hydroxylation is 1. The van der Waals surface area contributed by atoms with Crippen LogP contribution in [-0.4, -0.2) is 23.3 Å². The van der Waals surface area contributed by atoms with E-state index in [1.54, 1.807) is 6.92 Å². The summed E-state index contributed by atoms with van der Waals surface area (Å²) in [6.07, 6.45) is 2.10. The van der Waals surface area contributed by atoms with Gasteiger partial charge in [-0.2, -0.15) is 0 Å². The van der Waals surface area contributed by atoms with Gasteiger partial charge in [-0.25, -0.2) is 9.97 Å². The summed E-state index contributed by atoms with van der Waals surface area (Å²) in [5, 5.41) is 0.170. The summed E-state index contributed by atoms with van der Waals surface area (Å²) in [4.78, 5) is 17.6. The van der Waals surface area contributed by atoms with Crippen molar-refractivity contribution >= 4 is 17.9 Å². The zero-order chi connectivity index (χ0) is 9.56. The Labute approximate surface area is 75.8 Å². The van der Waals surface area contributed by atoms with Crippen molar-refractivity contribution < 1.29 is 4.79 Å². The van der Waals surface area contributed by atoms with Crippen molar-refractivity contribution in [3.05, 3.63) is 22.7 Å². The van der Waals surface area contributed by atoms with Crippen LogP contribution in [0, 0.1) is 6.92 Å². The number of hydrogen-bond acceptors (Lipinski definition) is 4. The maximum Gasteiger partial charge on any atom is 0.222 e. The van der Waals surface area contributed by atoms with Crippen molar-refractivity contribution in [3.63, 3.8) is 0 Å². The molecule has 0 aliphatic rings. The van der Waals surface area contributed by atoms with Gasteiger partial charge < -0.3 is 5.73 Å². The zero-order valence-corrected chi connectivity index (χ0v) is 7.67. The molecule has 0 saturated carbocycles. The van der Waals surface area contributed by atoms with Crippen molar-refractivity contribution in [1.82, 2.24) is 9.97 Å². The first kappa shape index (κ1) is 11.0. The molecule has 0 aromatic carbocycles. The van der Waals surface area contributed by atoms with E-state index in [1.165, 1.54) is 13.2 Å². The van der Waals surface area contributed by atoms with Crippen LogP contribution in [0.4, 0.5) is 0 Å². The molecule has 1 rings (SSSR count). The molecule has 0 spiro atoms. The molecule has 0 unspecified atom stereocenters. The molecule has 0 amide bonds. The molecule has 12 heavy (non-hydrogen) atoms. The van der Waals surface area contributed by atoms with Crippen molar-refractivity contribution in [1.29, 1.82) is 0 Å². The Morgan fingerprint density at radius 1 is 1.58 bits per heavy atom. The minimum Gasteiger partial charge on any atom is -0.333 e. The van der Waals surface area contributed by atoms with E-state index < -0.39 is 0 Å². The van der Waals surface area contributed by atoms with Crippen LogP contribution in [0.3, 0.4) is 0 Å². The number of carbonyl (C=O) groups excluding carboxylic acids is 1. The summed E-state index contributed by atoms with van der Waals surface area (Å²) in [6.45, 7) is 1.71. The van der Waals surface area contributed by atoms with Gasteiger partial charge in [0.2, 0.25) is 5.28 Å². The number of aldehydes is 1. The Morgan fingerprint density at radius 3 is 2.58 bits per heavy atom. The monoisotopic (exact) mass is 187 g/mol. The van der Waals surface area contributed by atoms with Crippen molar-refractivity contribution in [2.45, 2.75) is 6.92 Å². The van der Waals surface area contributed by atoms with Crippen molar-refractivity contribution in [2.75, 3.05) is 7.05 Å². The number of nitrogens with two attached hydrogens (primary N) is 1. The quantitative estimate of drug-likeness (QED) is 0.522. The summed E-state index contributed by atoms with van der Waals surface area (Å²) in [6, 6.07) is 0. The van der Waals surface area contributed by atoms with Gasteiger partial charge in [0, 0.05) is 6.20 Å². The van der Waals surface area contributed by atoms with E-state index >= 15 is 0 Å². The Bertz CT molecular complexity index is 265. The van der Waals surface area contributed by atoms with Gasteiger partial charge in [0.25, 0.3) is 0 Å². The number of rotatable bonds is 1. The summed E-state index contributed by atoms with van der Waals surface area (Å²) < 4.78 is 0. The van der Waals surface area contributed by atoms with Gasteiger partial charge in [0.05, 0.1) is 11.3 Å². The molecule has 0 aliphatic carbocycles. The van der Waals surface area contributed by atoms with E-state index in [2.05, 4.69) is 15.7 Å². The van der Waals surface area contributed by atoms with Gasteiger partial charge in [-0.3, -0.25) is 4.79 Å². The summed E-state index contributed by atoms with van der Waals surface area (Å²) >= 11 is 5.44. The lowest BCUT2D eigenvalue weighted by molar-refractivity contribution is 0.112. The zero-order valence-electron chi connectivity index (χ0n) is 6.91. The van der Waals surface area contributed by atoms with Gasteiger partial charge in [0.15, 0.2) is 6.29 Å². The predicted molar refractivity (Wildman–Crippen MR) is 47.3 cm³/mol. The van der Waals surface area contributed by atoms with Crippen LogP contribution in [0.1, 0.15) is 16.1 Å². The van der Waals surface area contributed by atoms with E-state index in [0.29, 0.717) is 17.5 Å². The lowest BCUT2D eigenvalue weighted by Gasteiger charge is -1.94. The topological polar surface area (TPSA) is 68.9 Å². The number of carbonyl (C=O) groups is 1. The van der Waals surface area contributed by atoms with Gasteiger partial charge in [-0.1, -0.05) is 0 Å². The highest BCUT2D eigenvalue weighted by Crippen LogP contribution is 2.03. The van der Waals surface area contributed by atoms with Crippen molar-refractivity contribution in [2.24, 2.45) is 5.73 Å². The molecule has 0 saturated heterocycles. The SMILES string of the molecule is CN.Cc1nc(Cl)ncc1C=O. The molecule has 0 fully saturated rings. The lowest BCUT2D eigenvalue weighted by atomic mass is 10.3. The normalized spacial score (nSPS) is 8.33. The molecule has 1 aromatic rings. The van der Waals surface area contributed by atoms with Gasteiger partial charge in [-0.15, -0.1) is 0 Å². The summed E-state index contributed by atoms with van der Waals surface area (Å²) in [7, 11) is 1.50. The Morgan fingerprint density at radius 2 is 2.17 bits per heavy atom. The van der Waals surface area contributed by atoms with Crippen LogP contribution < -0.4 is 5.73 Å². The molecule has 1 aromatic heterocycles. The highest BCUT2D eigenvalue weighted by Gasteiger charge is 1.98. The molecule has 0 bridgehead atoms. The van der Waals surface area contributed by atoms with Crippen LogP contribution in [-0.2, 0) is 0 Å². The van der Waals surface area contributed by atoms with Crippen LogP contribution >= 0.6 is 11.6 Å². The maximum atomic E-state index is 10.2.